The number of benzene rings is 3. The first kappa shape index (κ1) is 33.7. The Kier molecular flexibility index (Phi) is 8.50. The molecule has 0 radical (unpaired) electrons. The summed E-state index contributed by atoms with van der Waals surface area (Å²) in [5, 5.41) is 6.24. The fourth-order valence-electron chi connectivity index (χ4n) is 8.62. The Morgan fingerprint density at radius 3 is 2.42 bits per heavy atom. The summed E-state index contributed by atoms with van der Waals surface area (Å²) < 4.78 is 43.0. The molecule has 3 aliphatic heterocycles. The van der Waals surface area contributed by atoms with Crippen molar-refractivity contribution in [2.45, 2.75) is 62.6 Å². The van der Waals surface area contributed by atoms with Crippen molar-refractivity contribution >= 4 is 23.0 Å². The molecule has 13 heteroatoms. The van der Waals surface area contributed by atoms with Crippen molar-refractivity contribution in [3.8, 4) is 33.5 Å². The van der Waals surface area contributed by atoms with Gasteiger partial charge in [-0.15, -0.1) is 0 Å². The van der Waals surface area contributed by atoms with Gasteiger partial charge in [0.15, 0.2) is 0 Å². The van der Waals surface area contributed by atoms with E-state index in [0.29, 0.717) is 72.8 Å². The Bertz CT molecular complexity index is 2200. The van der Waals surface area contributed by atoms with Crippen LogP contribution >= 0.6 is 0 Å². The van der Waals surface area contributed by atoms with E-state index in [1.54, 1.807) is 35.4 Å². The average Bonchev–Trinajstić information content (AvgIpc) is 4.04. The highest BCUT2D eigenvalue weighted by molar-refractivity contribution is 5.88. The maximum absolute atomic E-state index is 16.3. The summed E-state index contributed by atoms with van der Waals surface area (Å²) in [5.74, 6) is -1.99. The van der Waals surface area contributed by atoms with Crippen LogP contribution in [0.25, 0.3) is 44.5 Å². The van der Waals surface area contributed by atoms with Crippen LogP contribution in [0.2, 0.25) is 0 Å². The molecule has 2 aromatic heterocycles. The van der Waals surface area contributed by atoms with Gasteiger partial charge in [0, 0.05) is 36.4 Å². The fraction of sp³-hybridized carbons (Fsp3) is 0.400. The van der Waals surface area contributed by atoms with Crippen molar-refractivity contribution in [2.24, 2.45) is 5.92 Å². The van der Waals surface area contributed by atoms with Gasteiger partial charge in [0.05, 0.1) is 42.1 Å². The van der Waals surface area contributed by atoms with E-state index in [1.165, 1.54) is 7.11 Å². The zero-order valence-electron chi connectivity index (χ0n) is 29.4. The molecule has 0 unspecified atom stereocenters. The van der Waals surface area contributed by atoms with Gasteiger partial charge in [-0.25, -0.2) is 14.8 Å². The van der Waals surface area contributed by atoms with Crippen molar-refractivity contribution in [2.75, 3.05) is 33.4 Å². The van der Waals surface area contributed by atoms with Gasteiger partial charge in [-0.05, 0) is 97.5 Å². The standard InChI is InChI=1S/C40H41F2N7O4/c1-52-39(51)48-35(22-12-16-53-17-13-22)38(50)49-15-3-5-34(49)37-44-21-33(47-37)25-7-10-27-26-9-6-23(18-28(26)40(41,42)29(27)19-25)24-8-11-30-32(20-24)46-36(45-30)31-4-2-14-43-31/h6-11,18-22,31,34-35,43H,2-5,12-17H2,1H3,(H,44,47)(H,45,46)(H,48,51)/t31-,34-,35-/m0/s1. The number of carbonyl (C=O) groups is 2. The third-order valence-electron chi connectivity index (χ3n) is 11.4. The zero-order chi connectivity index (χ0) is 36.3. The molecule has 2 amide bonds. The number of alkyl carbamates (subject to hydrolysis) is 1. The minimum atomic E-state index is -3.21. The summed E-state index contributed by atoms with van der Waals surface area (Å²) in [7, 11) is 1.28. The van der Waals surface area contributed by atoms with E-state index >= 15 is 8.78 Å². The van der Waals surface area contributed by atoms with E-state index in [0.717, 1.165) is 48.2 Å². The quantitative estimate of drug-likeness (QED) is 0.142. The van der Waals surface area contributed by atoms with Gasteiger partial charge >= 0.3 is 6.09 Å². The second-order valence-corrected chi connectivity index (χ2v) is 14.5. The molecule has 0 bridgehead atoms. The minimum absolute atomic E-state index is 0.0206. The Hall–Kier alpha value is -5.14. The number of H-pyrrole nitrogens is 2. The second kappa shape index (κ2) is 13.4. The number of rotatable bonds is 7. The molecule has 53 heavy (non-hydrogen) atoms. The average molecular weight is 722 g/mol. The van der Waals surface area contributed by atoms with Crippen molar-refractivity contribution in [1.29, 1.82) is 0 Å². The van der Waals surface area contributed by atoms with Crippen molar-refractivity contribution in [3.63, 3.8) is 0 Å². The lowest BCUT2D eigenvalue weighted by atomic mass is 9.90. The molecule has 4 aliphatic rings. The van der Waals surface area contributed by atoms with Gasteiger partial charge in [-0.2, -0.15) is 8.78 Å². The van der Waals surface area contributed by atoms with Gasteiger partial charge in [0.1, 0.15) is 17.7 Å². The molecule has 5 aromatic rings. The molecular formula is C40H41F2N7O4. The first-order valence-electron chi connectivity index (χ1n) is 18.5. The Balaban J connectivity index is 0.961. The predicted molar refractivity (Wildman–Crippen MR) is 194 cm³/mol. The van der Waals surface area contributed by atoms with Crippen LogP contribution < -0.4 is 10.6 Å². The Labute approximate surface area is 304 Å². The normalized spacial score (nSPS) is 21.5. The van der Waals surface area contributed by atoms with Crippen molar-refractivity contribution in [3.05, 3.63) is 83.6 Å². The maximum Gasteiger partial charge on any atom is 0.407 e. The number of carbonyl (C=O) groups excluding carboxylic acids is 2. The highest BCUT2D eigenvalue weighted by Crippen LogP contribution is 2.53. The number of alkyl halides is 2. The van der Waals surface area contributed by atoms with Gasteiger partial charge in [0.2, 0.25) is 5.91 Å². The smallest absolute Gasteiger partial charge is 0.407 e. The molecule has 1 aliphatic carbocycles. The van der Waals surface area contributed by atoms with Crippen molar-refractivity contribution < 1.29 is 27.8 Å². The lowest BCUT2D eigenvalue weighted by Gasteiger charge is -2.34. The van der Waals surface area contributed by atoms with E-state index < -0.39 is 18.1 Å². The number of likely N-dealkylation sites (tertiary alicyclic amines) is 1. The second-order valence-electron chi connectivity index (χ2n) is 14.5. The van der Waals surface area contributed by atoms with Gasteiger partial charge in [0.25, 0.3) is 5.92 Å². The van der Waals surface area contributed by atoms with Crippen LogP contribution in [0.3, 0.4) is 0 Å². The molecule has 0 saturated carbocycles. The molecular weight excluding hydrogens is 680 g/mol. The molecule has 0 spiro atoms. The first-order valence-corrected chi connectivity index (χ1v) is 18.5. The number of hydrogen-bond acceptors (Lipinski definition) is 7. The van der Waals surface area contributed by atoms with Gasteiger partial charge in [-0.3, -0.25) is 4.79 Å². The lowest BCUT2D eigenvalue weighted by Crippen LogP contribution is -2.53. The first-order chi connectivity index (χ1) is 25.8. The summed E-state index contributed by atoms with van der Waals surface area (Å²) in [4.78, 5) is 44.1. The topological polar surface area (TPSA) is 137 Å². The van der Waals surface area contributed by atoms with E-state index in [2.05, 4.69) is 25.6 Å². The molecule has 274 valence electrons. The number of hydrogen-bond donors (Lipinski definition) is 4. The predicted octanol–water partition coefficient (Wildman–Crippen LogP) is 6.98. The van der Waals surface area contributed by atoms with Crippen LogP contribution in [0.15, 0.2) is 60.8 Å². The monoisotopic (exact) mass is 721 g/mol. The summed E-state index contributed by atoms with van der Waals surface area (Å²) in [6.45, 7) is 2.54. The fourth-order valence-corrected chi connectivity index (χ4v) is 8.62. The summed E-state index contributed by atoms with van der Waals surface area (Å²) in [6.07, 6.45) is 5.88. The number of fused-ring (bicyclic) bond motifs is 4. The van der Waals surface area contributed by atoms with Crippen LogP contribution in [-0.4, -0.2) is 76.3 Å². The zero-order valence-corrected chi connectivity index (χ0v) is 29.4. The van der Waals surface area contributed by atoms with E-state index in [1.807, 2.05) is 30.3 Å². The number of aromatic amines is 2. The summed E-state index contributed by atoms with van der Waals surface area (Å²) >= 11 is 0. The number of aromatic nitrogens is 4. The summed E-state index contributed by atoms with van der Waals surface area (Å²) in [6, 6.07) is 15.4. The largest absolute Gasteiger partial charge is 0.453 e. The number of nitrogens with one attached hydrogen (secondary N) is 4. The number of imidazole rings is 2. The molecule has 3 saturated heterocycles. The van der Waals surface area contributed by atoms with E-state index in [9.17, 15) is 9.59 Å². The number of amides is 2. The SMILES string of the molecule is COC(=O)N[C@H](C(=O)N1CCC[C@H]1c1ncc(-c2ccc3c(c2)C(F)(F)c2cc(-c4ccc5nc([C@@H]6CCCN6)[nH]c5c4)ccc2-3)[nH]1)C1CCOCC1. The third kappa shape index (κ3) is 5.95. The lowest BCUT2D eigenvalue weighted by molar-refractivity contribution is -0.136. The van der Waals surface area contributed by atoms with Crippen molar-refractivity contribution in [1.82, 2.24) is 35.5 Å². The van der Waals surface area contributed by atoms with Gasteiger partial charge < -0.3 is 35.0 Å². The molecule has 3 atom stereocenters. The number of halogens is 2. The molecule has 9 rings (SSSR count). The van der Waals surface area contributed by atoms with Crippen LogP contribution in [0.4, 0.5) is 13.6 Å². The van der Waals surface area contributed by atoms with Crippen LogP contribution in [0, 0.1) is 5.92 Å². The number of methoxy groups -OCH3 is 1. The number of ether oxygens (including phenoxy) is 2. The molecule has 3 aromatic carbocycles. The molecule has 3 fully saturated rings. The number of nitrogens with zero attached hydrogens (tertiary/aromatic N) is 3. The Morgan fingerprint density at radius 1 is 0.925 bits per heavy atom. The molecule has 5 heterocycles. The van der Waals surface area contributed by atoms with Gasteiger partial charge in [-0.1, -0.05) is 30.3 Å². The Morgan fingerprint density at radius 2 is 1.66 bits per heavy atom. The van der Waals surface area contributed by atoms with Crippen LogP contribution in [0.1, 0.15) is 73.4 Å². The molecule has 11 nitrogen and oxygen atoms in total. The van der Waals surface area contributed by atoms with E-state index in [-0.39, 0.29) is 35.0 Å². The van der Waals surface area contributed by atoms with Crippen LogP contribution in [0.5, 0.6) is 0 Å². The maximum atomic E-state index is 16.3. The highest BCUT2D eigenvalue weighted by Gasteiger charge is 2.45. The van der Waals surface area contributed by atoms with Crippen LogP contribution in [-0.2, 0) is 20.2 Å². The van der Waals surface area contributed by atoms with E-state index in [4.69, 9.17) is 14.5 Å². The highest BCUT2D eigenvalue weighted by atomic mass is 19.3. The molecule has 4 N–H and O–H groups in total. The minimum Gasteiger partial charge on any atom is -0.453 e. The summed E-state index contributed by atoms with van der Waals surface area (Å²) in [5.41, 5.74) is 5.40. The third-order valence-corrected chi connectivity index (χ3v) is 11.4.